The molecule has 0 spiro atoms. The lowest BCUT2D eigenvalue weighted by atomic mass is 9.98. The van der Waals surface area contributed by atoms with Crippen molar-refractivity contribution in [2.75, 3.05) is 34.3 Å². The number of hydrogen-bond acceptors (Lipinski definition) is 3. The highest BCUT2D eigenvalue weighted by molar-refractivity contribution is 5.93. The molecule has 2 N–H and O–H groups in total. The van der Waals surface area contributed by atoms with E-state index < -0.39 is 0 Å². The molecule has 2 rings (SSSR count). The number of amides is 1. The summed E-state index contributed by atoms with van der Waals surface area (Å²) in [7, 11) is 5.19. The molecule has 2 aromatic rings. The summed E-state index contributed by atoms with van der Waals surface area (Å²) >= 11 is 0. The highest BCUT2D eigenvalue weighted by Crippen LogP contribution is 2.21. The van der Waals surface area contributed by atoms with E-state index in [-0.39, 0.29) is 5.91 Å². The zero-order chi connectivity index (χ0) is 21.9. The van der Waals surface area contributed by atoms with Gasteiger partial charge in [-0.2, -0.15) is 0 Å². The number of nitrogens with one attached hydrogen (secondary N) is 2. The van der Waals surface area contributed by atoms with Gasteiger partial charge < -0.3 is 20.3 Å². The summed E-state index contributed by atoms with van der Waals surface area (Å²) in [5, 5.41) is 6.70. The summed E-state index contributed by atoms with van der Waals surface area (Å²) < 4.78 is 5.23. The van der Waals surface area contributed by atoms with Gasteiger partial charge in [-0.25, -0.2) is 4.99 Å². The van der Waals surface area contributed by atoms with E-state index in [0.29, 0.717) is 18.0 Å². The van der Waals surface area contributed by atoms with E-state index in [4.69, 9.17) is 4.74 Å². The minimum Gasteiger partial charge on any atom is -0.497 e. The first-order valence-corrected chi connectivity index (χ1v) is 10.4. The van der Waals surface area contributed by atoms with Crippen molar-refractivity contribution in [3.05, 3.63) is 65.2 Å². The van der Waals surface area contributed by atoms with Crippen LogP contribution in [0.25, 0.3) is 0 Å². The maximum Gasteiger partial charge on any atom is 0.253 e. The smallest absolute Gasteiger partial charge is 0.253 e. The lowest BCUT2D eigenvalue weighted by Crippen LogP contribution is -2.38. The Balaban J connectivity index is 1.88. The Kier molecular flexibility index (Phi) is 9.19. The molecule has 6 heteroatoms. The third-order valence-electron chi connectivity index (χ3n) is 4.93. The molecule has 0 heterocycles. The molecule has 1 unspecified atom stereocenters. The van der Waals surface area contributed by atoms with Crippen molar-refractivity contribution in [2.24, 2.45) is 4.99 Å². The summed E-state index contributed by atoms with van der Waals surface area (Å²) in [6.07, 6.45) is 0.998. The van der Waals surface area contributed by atoms with Crippen molar-refractivity contribution in [1.82, 2.24) is 15.5 Å². The van der Waals surface area contributed by atoms with Crippen molar-refractivity contribution >= 4 is 11.9 Å². The van der Waals surface area contributed by atoms with E-state index in [1.165, 1.54) is 5.56 Å². The van der Waals surface area contributed by atoms with Gasteiger partial charge in [-0.15, -0.1) is 0 Å². The van der Waals surface area contributed by atoms with Gasteiger partial charge in [-0.1, -0.05) is 31.2 Å². The number of carbonyl (C=O) groups is 1. The first kappa shape index (κ1) is 23.3. The fraction of sp³-hybridized carbons (Fsp3) is 0.417. The average Bonchev–Trinajstić information content (AvgIpc) is 2.77. The fourth-order valence-electron chi connectivity index (χ4n) is 3.03. The van der Waals surface area contributed by atoms with E-state index in [0.717, 1.165) is 36.8 Å². The second-order valence-corrected chi connectivity index (χ2v) is 7.48. The van der Waals surface area contributed by atoms with Gasteiger partial charge in [0.1, 0.15) is 5.75 Å². The van der Waals surface area contributed by atoms with Crippen LogP contribution in [0.3, 0.4) is 0 Å². The number of ether oxygens (including phenoxy) is 1. The van der Waals surface area contributed by atoms with Gasteiger partial charge >= 0.3 is 0 Å². The summed E-state index contributed by atoms with van der Waals surface area (Å²) in [6, 6.07) is 15.9. The van der Waals surface area contributed by atoms with Crippen LogP contribution in [0.2, 0.25) is 0 Å². The topological polar surface area (TPSA) is 66.0 Å². The Morgan fingerprint density at radius 1 is 1.07 bits per heavy atom. The molecular weight excluding hydrogens is 376 g/mol. The lowest BCUT2D eigenvalue weighted by Gasteiger charge is -2.15. The Morgan fingerprint density at radius 2 is 1.73 bits per heavy atom. The predicted octanol–water partition coefficient (Wildman–Crippen LogP) is 3.65. The Labute approximate surface area is 180 Å². The molecule has 162 valence electrons. The molecular formula is C24H34N4O2. The van der Waals surface area contributed by atoms with E-state index in [1.807, 2.05) is 36.4 Å². The first-order chi connectivity index (χ1) is 14.4. The number of guanidine groups is 1. The van der Waals surface area contributed by atoms with Gasteiger partial charge in [-0.3, -0.25) is 4.79 Å². The minimum atomic E-state index is 0.00559. The highest BCUT2D eigenvalue weighted by atomic mass is 16.5. The molecule has 0 aromatic heterocycles. The highest BCUT2D eigenvalue weighted by Gasteiger charge is 2.08. The minimum absolute atomic E-state index is 0.00559. The van der Waals surface area contributed by atoms with Crippen molar-refractivity contribution in [1.29, 1.82) is 0 Å². The third-order valence-corrected chi connectivity index (χ3v) is 4.93. The average molecular weight is 411 g/mol. The number of rotatable bonds is 9. The second-order valence-electron chi connectivity index (χ2n) is 7.48. The number of methoxy groups -OCH3 is 1. The van der Waals surface area contributed by atoms with Crippen LogP contribution in [0, 0.1) is 0 Å². The van der Waals surface area contributed by atoms with Crippen LogP contribution in [0.1, 0.15) is 47.7 Å². The molecule has 30 heavy (non-hydrogen) atoms. The fourth-order valence-corrected chi connectivity index (χ4v) is 3.03. The van der Waals surface area contributed by atoms with E-state index in [9.17, 15) is 4.79 Å². The molecule has 1 atom stereocenters. The van der Waals surface area contributed by atoms with Crippen LogP contribution < -0.4 is 15.4 Å². The standard InChI is InChI=1S/C24H34N4O2/c1-6-25-24(26-16-15-18(2)20-11-13-22(30-5)14-12-20)27-17-19-7-9-21(10-8-19)23(29)28(3)4/h7-14,18H,6,15-17H2,1-5H3,(H2,25,26,27). The maximum absolute atomic E-state index is 12.0. The second kappa shape index (κ2) is 11.9. The van der Waals surface area contributed by atoms with Crippen LogP contribution >= 0.6 is 0 Å². The van der Waals surface area contributed by atoms with E-state index in [1.54, 1.807) is 26.1 Å². The lowest BCUT2D eigenvalue weighted by molar-refractivity contribution is 0.0827. The zero-order valence-corrected chi connectivity index (χ0v) is 18.7. The summed E-state index contributed by atoms with van der Waals surface area (Å²) in [5.41, 5.74) is 3.05. The molecule has 0 bridgehead atoms. The van der Waals surface area contributed by atoms with Crippen LogP contribution in [-0.2, 0) is 6.54 Å². The van der Waals surface area contributed by atoms with Gasteiger partial charge in [0.25, 0.3) is 5.91 Å². The largest absolute Gasteiger partial charge is 0.497 e. The molecule has 0 saturated heterocycles. The maximum atomic E-state index is 12.0. The van der Waals surface area contributed by atoms with Crippen molar-refractivity contribution in [3.63, 3.8) is 0 Å². The van der Waals surface area contributed by atoms with Gasteiger partial charge in [-0.05, 0) is 54.7 Å². The van der Waals surface area contributed by atoms with Crippen LogP contribution in [0.5, 0.6) is 5.75 Å². The predicted molar refractivity (Wildman–Crippen MR) is 123 cm³/mol. The number of aliphatic imine (C=N–C) groups is 1. The summed E-state index contributed by atoms with van der Waals surface area (Å²) in [6.45, 7) is 6.47. The van der Waals surface area contributed by atoms with Crippen LogP contribution in [0.15, 0.2) is 53.5 Å². The van der Waals surface area contributed by atoms with Crippen molar-refractivity contribution in [3.8, 4) is 5.75 Å². The van der Waals surface area contributed by atoms with E-state index in [2.05, 4.69) is 41.6 Å². The molecule has 0 aliphatic heterocycles. The monoisotopic (exact) mass is 410 g/mol. The molecule has 0 radical (unpaired) electrons. The van der Waals surface area contributed by atoms with Crippen LogP contribution in [-0.4, -0.2) is 51.1 Å². The zero-order valence-electron chi connectivity index (χ0n) is 18.7. The third kappa shape index (κ3) is 7.10. The van der Waals surface area contributed by atoms with Gasteiger partial charge in [0.2, 0.25) is 0 Å². The van der Waals surface area contributed by atoms with Gasteiger partial charge in [0.15, 0.2) is 5.96 Å². The number of hydrogen-bond donors (Lipinski definition) is 2. The van der Waals surface area contributed by atoms with Crippen molar-refractivity contribution < 1.29 is 9.53 Å². The molecule has 0 aliphatic rings. The molecule has 6 nitrogen and oxygen atoms in total. The number of carbonyl (C=O) groups excluding carboxylic acids is 1. The van der Waals surface area contributed by atoms with E-state index >= 15 is 0 Å². The number of nitrogens with zero attached hydrogens (tertiary/aromatic N) is 2. The summed E-state index contributed by atoms with van der Waals surface area (Å²) in [5.74, 6) is 2.12. The summed E-state index contributed by atoms with van der Waals surface area (Å²) in [4.78, 5) is 18.2. The number of benzene rings is 2. The van der Waals surface area contributed by atoms with Crippen molar-refractivity contribution in [2.45, 2.75) is 32.7 Å². The van der Waals surface area contributed by atoms with Crippen LogP contribution in [0.4, 0.5) is 0 Å². The molecule has 0 saturated carbocycles. The normalized spacial score (nSPS) is 12.2. The Hall–Kier alpha value is -3.02. The molecule has 1 amide bonds. The SMILES string of the molecule is CCNC(=NCc1ccc(C(=O)N(C)C)cc1)NCCC(C)c1ccc(OC)cc1. The Bertz CT molecular complexity index is 814. The Morgan fingerprint density at radius 3 is 2.30 bits per heavy atom. The van der Waals surface area contributed by atoms with Gasteiger partial charge in [0, 0.05) is 32.7 Å². The first-order valence-electron chi connectivity index (χ1n) is 10.4. The quantitative estimate of drug-likeness (QED) is 0.489. The van der Waals surface area contributed by atoms with Gasteiger partial charge in [0.05, 0.1) is 13.7 Å². The molecule has 2 aromatic carbocycles. The molecule has 0 aliphatic carbocycles. The molecule has 0 fully saturated rings.